The average molecular weight is 543 g/mol. The number of aliphatic hydroxyl groups excluding tert-OH is 1. The summed E-state index contributed by atoms with van der Waals surface area (Å²) >= 11 is 6.14. The van der Waals surface area contributed by atoms with Crippen molar-refractivity contribution < 1.29 is 32.2 Å². The number of anilines is 2. The van der Waals surface area contributed by atoms with Crippen LogP contribution in [0.2, 0.25) is 5.15 Å². The molecule has 3 aromatic rings. The molecule has 0 fully saturated rings. The number of amides is 1. The molecule has 0 unspecified atom stereocenters. The third-order valence-corrected chi connectivity index (χ3v) is 5.26. The van der Waals surface area contributed by atoms with Crippen LogP contribution in [0.25, 0.3) is 11.3 Å². The van der Waals surface area contributed by atoms with Crippen LogP contribution < -0.4 is 4.90 Å². The molecule has 0 radical (unpaired) electrons. The number of hydrogen-bond donors (Lipinski definition) is 1. The Morgan fingerprint density at radius 3 is 2.43 bits per heavy atom. The maximum absolute atomic E-state index is 14.0. The number of halogens is 5. The first kappa shape index (κ1) is 28.4. The van der Waals surface area contributed by atoms with Gasteiger partial charge in [0.1, 0.15) is 16.6 Å². The number of pyridine rings is 1. The zero-order valence-electron chi connectivity index (χ0n) is 20.9. The average Bonchev–Trinajstić information content (AvgIpc) is 3.14. The van der Waals surface area contributed by atoms with Gasteiger partial charge in [0.2, 0.25) is 0 Å². The molecule has 0 aliphatic heterocycles. The summed E-state index contributed by atoms with van der Waals surface area (Å²) < 4.78 is 61.4. The minimum Gasteiger partial charge on any atom is -0.443 e. The van der Waals surface area contributed by atoms with E-state index in [1.807, 2.05) is 0 Å². The van der Waals surface area contributed by atoms with E-state index in [2.05, 4.69) is 10.1 Å². The molecule has 3 rings (SSSR count). The lowest BCUT2D eigenvalue weighted by molar-refractivity contribution is -0.139. The fourth-order valence-corrected chi connectivity index (χ4v) is 3.76. The van der Waals surface area contributed by atoms with Gasteiger partial charge in [-0.05, 0) is 71.4 Å². The number of carbonyl (C=O) groups excluding carboxylic acids is 1. The predicted molar refractivity (Wildman–Crippen MR) is 131 cm³/mol. The third kappa shape index (κ3) is 7.20. The zero-order valence-corrected chi connectivity index (χ0v) is 21.7. The van der Waals surface area contributed by atoms with Crippen LogP contribution in [-0.2, 0) is 17.5 Å². The van der Waals surface area contributed by atoms with Gasteiger partial charge >= 0.3 is 12.3 Å². The molecule has 12 heteroatoms. The molecule has 37 heavy (non-hydrogen) atoms. The van der Waals surface area contributed by atoms with Gasteiger partial charge < -0.3 is 9.84 Å². The summed E-state index contributed by atoms with van der Waals surface area (Å²) in [6.07, 6.45) is -6.38. The number of aryl methyl sites for hydroxylation is 2. The van der Waals surface area contributed by atoms with Crippen molar-refractivity contribution in [3.05, 3.63) is 58.6 Å². The minimum absolute atomic E-state index is 0.0693. The molecule has 1 N–H and O–H groups in total. The first-order chi connectivity index (χ1) is 17.0. The van der Waals surface area contributed by atoms with Crippen LogP contribution in [0.3, 0.4) is 0 Å². The molecule has 2 heterocycles. The van der Waals surface area contributed by atoms with Gasteiger partial charge in [-0.1, -0.05) is 11.6 Å². The van der Waals surface area contributed by atoms with E-state index in [1.165, 1.54) is 10.7 Å². The van der Waals surface area contributed by atoms with Crippen molar-refractivity contribution in [2.75, 3.05) is 4.90 Å². The smallest absolute Gasteiger partial charge is 0.420 e. The van der Waals surface area contributed by atoms with Crippen molar-refractivity contribution in [1.29, 1.82) is 0 Å². The number of carbonyl (C=O) groups is 1. The molecule has 2 aromatic heterocycles. The molecule has 0 aliphatic carbocycles. The number of rotatable bonds is 6. The molecule has 1 aromatic carbocycles. The molecule has 0 bridgehead atoms. The van der Waals surface area contributed by atoms with Gasteiger partial charge in [0.15, 0.2) is 5.82 Å². The molecule has 0 saturated carbocycles. The fraction of sp³-hybridized carbons (Fsp3) is 0.400. The number of nitrogens with zero attached hydrogens (tertiary/aromatic N) is 4. The summed E-state index contributed by atoms with van der Waals surface area (Å²) in [6, 6.07) is 6.98. The largest absolute Gasteiger partial charge is 0.443 e. The Balaban J connectivity index is 2.23. The second-order valence-electron chi connectivity index (χ2n) is 9.55. The number of aliphatic hydroxyl groups is 1. The maximum atomic E-state index is 14.0. The molecule has 0 aliphatic rings. The second kappa shape index (κ2) is 10.7. The van der Waals surface area contributed by atoms with Crippen LogP contribution in [0.5, 0.6) is 0 Å². The summed E-state index contributed by atoms with van der Waals surface area (Å²) in [5.74, 6) is -1.55. The number of hydrogen-bond acceptors (Lipinski definition) is 5. The van der Waals surface area contributed by atoms with Gasteiger partial charge in [0.05, 0.1) is 23.0 Å². The summed E-state index contributed by atoms with van der Waals surface area (Å²) in [5.41, 5.74) is -1.17. The molecular weight excluding hydrogens is 516 g/mol. The van der Waals surface area contributed by atoms with Crippen LogP contribution in [-0.4, -0.2) is 37.7 Å². The van der Waals surface area contributed by atoms with E-state index in [0.29, 0.717) is 35.5 Å². The van der Waals surface area contributed by atoms with Crippen molar-refractivity contribution in [3.8, 4) is 11.3 Å². The molecule has 200 valence electrons. The highest BCUT2D eigenvalue weighted by Crippen LogP contribution is 2.37. The Morgan fingerprint density at radius 2 is 1.86 bits per heavy atom. The lowest BCUT2D eigenvalue weighted by atomic mass is 10.1. The van der Waals surface area contributed by atoms with Crippen molar-refractivity contribution in [3.63, 3.8) is 0 Å². The summed E-state index contributed by atoms with van der Waals surface area (Å²) in [5, 5.41) is 14.5. The van der Waals surface area contributed by atoms with Crippen LogP contribution >= 0.6 is 11.6 Å². The second-order valence-corrected chi connectivity index (χ2v) is 9.93. The molecular formula is C25H27ClF4N4O3. The first-order valence-electron chi connectivity index (χ1n) is 11.4. The van der Waals surface area contributed by atoms with Crippen LogP contribution in [0.4, 0.5) is 33.9 Å². The Labute approximate surface area is 216 Å². The molecule has 1 amide bonds. The Bertz CT molecular complexity index is 1270. The normalized spacial score (nSPS) is 12.9. The number of benzene rings is 1. The summed E-state index contributed by atoms with van der Waals surface area (Å²) in [6.45, 7) is 8.35. The van der Waals surface area contributed by atoms with Crippen molar-refractivity contribution in [2.24, 2.45) is 0 Å². The lowest BCUT2D eigenvalue weighted by Gasteiger charge is -2.26. The Hall–Kier alpha value is -3.18. The quantitative estimate of drug-likeness (QED) is 0.270. The lowest BCUT2D eigenvalue weighted by Crippen LogP contribution is -2.34. The molecule has 1 atom stereocenters. The topological polar surface area (TPSA) is 80.5 Å². The van der Waals surface area contributed by atoms with Gasteiger partial charge in [-0.25, -0.2) is 19.1 Å². The highest BCUT2D eigenvalue weighted by Gasteiger charge is 2.36. The van der Waals surface area contributed by atoms with E-state index in [4.69, 9.17) is 16.3 Å². The minimum atomic E-state index is -4.99. The maximum Gasteiger partial charge on any atom is 0.420 e. The van der Waals surface area contributed by atoms with E-state index < -0.39 is 35.4 Å². The van der Waals surface area contributed by atoms with Gasteiger partial charge in [-0.2, -0.15) is 18.3 Å². The van der Waals surface area contributed by atoms with Crippen LogP contribution in [0.15, 0.2) is 36.4 Å². The van der Waals surface area contributed by atoms with Crippen molar-refractivity contribution in [1.82, 2.24) is 14.8 Å². The molecule has 0 spiro atoms. The van der Waals surface area contributed by atoms with Gasteiger partial charge in [0.25, 0.3) is 0 Å². The SMILES string of the molecule is Cc1cc(-c2cc(N(C(=O)OC(C)(C)C)c3ccc(F)c(C(F)(F)F)c3)nn2CC[C@H](C)O)cc(Cl)n1. The summed E-state index contributed by atoms with van der Waals surface area (Å²) in [4.78, 5) is 18.2. The van der Waals surface area contributed by atoms with E-state index >= 15 is 0 Å². The molecule has 7 nitrogen and oxygen atoms in total. The van der Waals surface area contributed by atoms with Gasteiger partial charge in [-0.3, -0.25) is 4.68 Å². The van der Waals surface area contributed by atoms with E-state index in [9.17, 15) is 27.5 Å². The van der Waals surface area contributed by atoms with E-state index in [1.54, 1.807) is 46.8 Å². The van der Waals surface area contributed by atoms with Gasteiger partial charge in [0, 0.05) is 23.9 Å². The predicted octanol–water partition coefficient (Wildman–Crippen LogP) is 6.91. The zero-order chi connectivity index (χ0) is 27.7. The van der Waals surface area contributed by atoms with Crippen molar-refractivity contribution >= 4 is 29.2 Å². The number of alkyl halides is 3. The van der Waals surface area contributed by atoms with Crippen molar-refractivity contribution in [2.45, 2.75) is 65.5 Å². The van der Waals surface area contributed by atoms with E-state index in [0.717, 1.165) is 11.0 Å². The van der Waals surface area contributed by atoms with Crippen LogP contribution in [0.1, 0.15) is 45.4 Å². The van der Waals surface area contributed by atoms with Crippen LogP contribution in [0, 0.1) is 12.7 Å². The summed E-state index contributed by atoms with van der Waals surface area (Å²) in [7, 11) is 0. The highest BCUT2D eigenvalue weighted by molar-refractivity contribution is 6.29. The Morgan fingerprint density at radius 1 is 1.19 bits per heavy atom. The standard InChI is InChI=1S/C25H27ClF4N4O3/c1-14-10-16(11-21(26)31-14)20-13-22(32-33(20)9-8-15(2)35)34(23(36)37-24(3,4)5)17-6-7-19(27)18(12-17)25(28,29)30/h6-7,10-13,15,35H,8-9H2,1-5H3/t15-/m0/s1. The fourth-order valence-electron chi connectivity index (χ4n) is 3.51. The van der Waals surface area contributed by atoms with E-state index in [-0.39, 0.29) is 23.2 Å². The monoisotopic (exact) mass is 542 g/mol. The highest BCUT2D eigenvalue weighted by atomic mass is 35.5. The Kier molecular flexibility index (Phi) is 8.18. The number of ether oxygens (including phenoxy) is 1. The molecule has 0 saturated heterocycles. The van der Waals surface area contributed by atoms with Gasteiger partial charge in [-0.15, -0.1) is 0 Å². The third-order valence-electron chi connectivity index (χ3n) is 5.06. The number of aromatic nitrogens is 3. The first-order valence-corrected chi connectivity index (χ1v) is 11.7.